The van der Waals surface area contributed by atoms with Crippen molar-refractivity contribution in [3.63, 3.8) is 0 Å². The normalized spacial score (nSPS) is 10.4. The fourth-order valence-corrected chi connectivity index (χ4v) is 2.29. The average molecular weight is 366 g/mol. The summed E-state index contributed by atoms with van der Waals surface area (Å²) >= 11 is 29.2. The first-order valence-corrected chi connectivity index (χ1v) is 7.15. The van der Waals surface area contributed by atoms with Gasteiger partial charge in [0.25, 0.3) is 0 Å². The van der Waals surface area contributed by atoms with Crippen LogP contribution in [-0.2, 0) is 4.74 Å². The van der Waals surface area contributed by atoms with Crippen molar-refractivity contribution in [2.24, 2.45) is 0 Å². The molecular weight excluding hydrogens is 357 g/mol. The van der Waals surface area contributed by atoms with E-state index >= 15 is 0 Å². The summed E-state index contributed by atoms with van der Waals surface area (Å²) in [5.74, 6) is -0.177. The highest BCUT2D eigenvalue weighted by molar-refractivity contribution is 6.55. The van der Waals surface area contributed by atoms with Crippen molar-refractivity contribution >= 4 is 64.2 Å². The minimum absolute atomic E-state index is 0.00923. The SMILES string of the molecule is CCCCOC(=O)Oc1c(Cl)c(Cl)c(Cl)c(Cl)c1Cl. The van der Waals surface area contributed by atoms with Crippen LogP contribution >= 0.6 is 58.0 Å². The van der Waals surface area contributed by atoms with Gasteiger partial charge in [0.05, 0.1) is 21.7 Å². The Morgan fingerprint density at radius 2 is 1.42 bits per heavy atom. The number of rotatable bonds is 4. The summed E-state index contributed by atoms with van der Waals surface area (Å²) in [6.45, 7) is 2.20. The third-order valence-corrected chi connectivity index (χ3v) is 4.31. The first-order chi connectivity index (χ1) is 8.90. The molecule has 0 amide bonds. The number of carbonyl (C=O) groups is 1. The number of hydrogen-bond donors (Lipinski definition) is 0. The molecule has 1 aromatic rings. The highest BCUT2D eigenvalue weighted by Gasteiger charge is 2.23. The predicted octanol–water partition coefficient (Wildman–Crippen LogP) is 6.27. The second-order valence-corrected chi connectivity index (χ2v) is 5.34. The monoisotopic (exact) mass is 364 g/mol. The van der Waals surface area contributed by atoms with Crippen LogP contribution in [0.3, 0.4) is 0 Å². The fraction of sp³-hybridized carbons (Fsp3) is 0.364. The number of halogens is 5. The number of ether oxygens (including phenoxy) is 2. The van der Waals surface area contributed by atoms with Crippen LogP contribution in [0.25, 0.3) is 0 Å². The largest absolute Gasteiger partial charge is 0.513 e. The molecule has 0 aliphatic heterocycles. The smallest absolute Gasteiger partial charge is 0.434 e. The molecule has 19 heavy (non-hydrogen) atoms. The van der Waals surface area contributed by atoms with Gasteiger partial charge < -0.3 is 9.47 Å². The molecule has 0 N–H and O–H groups in total. The van der Waals surface area contributed by atoms with Crippen molar-refractivity contribution < 1.29 is 14.3 Å². The molecule has 0 aromatic heterocycles. The van der Waals surface area contributed by atoms with Crippen molar-refractivity contribution in [3.8, 4) is 5.75 Å². The van der Waals surface area contributed by atoms with Crippen molar-refractivity contribution in [2.75, 3.05) is 6.61 Å². The first kappa shape index (κ1) is 17.0. The summed E-state index contributed by atoms with van der Waals surface area (Å²) in [7, 11) is 0. The molecule has 0 unspecified atom stereocenters. The van der Waals surface area contributed by atoms with Gasteiger partial charge in [-0.1, -0.05) is 71.3 Å². The van der Waals surface area contributed by atoms with E-state index in [1.165, 1.54) is 0 Å². The molecule has 0 aliphatic carbocycles. The van der Waals surface area contributed by atoms with Crippen LogP contribution in [0.5, 0.6) is 5.75 Å². The Kier molecular flexibility index (Phi) is 6.84. The van der Waals surface area contributed by atoms with E-state index in [-0.39, 0.29) is 37.5 Å². The molecule has 8 heteroatoms. The lowest BCUT2D eigenvalue weighted by molar-refractivity contribution is 0.0979. The molecule has 1 aromatic carbocycles. The minimum Gasteiger partial charge on any atom is -0.434 e. The van der Waals surface area contributed by atoms with Gasteiger partial charge in [0, 0.05) is 0 Å². The van der Waals surface area contributed by atoms with E-state index in [1.54, 1.807) is 0 Å². The summed E-state index contributed by atoms with van der Waals surface area (Å²) in [4.78, 5) is 11.4. The second-order valence-electron chi connectivity index (χ2n) is 3.45. The van der Waals surface area contributed by atoms with Gasteiger partial charge in [-0.2, -0.15) is 0 Å². The molecule has 1 rings (SSSR count). The van der Waals surface area contributed by atoms with Gasteiger partial charge in [0.2, 0.25) is 0 Å². The molecule has 0 fully saturated rings. The zero-order valence-corrected chi connectivity index (χ0v) is 13.5. The van der Waals surface area contributed by atoms with Gasteiger partial charge in [0.1, 0.15) is 10.0 Å². The molecule has 106 valence electrons. The molecule has 0 heterocycles. The van der Waals surface area contributed by atoms with Gasteiger partial charge in [-0.3, -0.25) is 0 Å². The van der Waals surface area contributed by atoms with Crippen LogP contribution in [0.1, 0.15) is 19.8 Å². The molecule has 0 bridgehead atoms. The summed E-state index contributed by atoms with van der Waals surface area (Å²) in [5, 5.41) is -0.310. The van der Waals surface area contributed by atoms with Gasteiger partial charge in [-0.25, -0.2) is 4.79 Å². The highest BCUT2D eigenvalue weighted by atomic mass is 35.5. The Labute approximate surface area is 135 Å². The maximum absolute atomic E-state index is 11.4. The Bertz CT molecular complexity index is 461. The van der Waals surface area contributed by atoms with Crippen LogP contribution in [0.15, 0.2) is 0 Å². The second kappa shape index (κ2) is 7.65. The Morgan fingerprint density at radius 3 is 1.89 bits per heavy atom. The van der Waals surface area contributed by atoms with Crippen LogP contribution in [0.2, 0.25) is 25.1 Å². The van der Waals surface area contributed by atoms with Gasteiger partial charge in [-0.05, 0) is 6.42 Å². The van der Waals surface area contributed by atoms with E-state index in [0.29, 0.717) is 0 Å². The van der Waals surface area contributed by atoms with E-state index in [0.717, 1.165) is 12.8 Å². The molecule has 0 radical (unpaired) electrons. The molecule has 0 atom stereocenters. The topological polar surface area (TPSA) is 35.5 Å². The van der Waals surface area contributed by atoms with Crippen LogP contribution in [-0.4, -0.2) is 12.8 Å². The third-order valence-electron chi connectivity index (χ3n) is 2.07. The molecular formula is C11H9Cl5O3. The Balaban J connectivity index is 2.93. The van der Waals surface area contributed by atoms with E-state index < -0.39 is 6.16 Å². The quantitative estimate of drug-likeness (QED) is 0.207. The third kappa shape index (κ3) is 4.20. The minimum atomic E-state index is -0.938. The lowest BCUT2D eigenvalue weighted by atomic mass is 10.3. The molecule has 0 spiro atoms. The average Bonchev–Trinajstić information content (AvgIpc) is 2.39. The van der Waals surface area contributed by atoms with Gasteiger partial charge in [0.15, 0.2) is 5.75 Å². The van der Waals surface area contributed by atoms with Crippen molar-refractivity contribution in [3.05, 3.63) is 25.1 Å². The Hall–Kier alpha value is -0.0600. The number of unbranched alkanes of at least 4 members (excludes halogenated alkanes) is 1. The first-order valence-electron chi connectivity index (χ1n) is 5.26. The number of hydrogen-bond acceptors (Lipinski definition) is 3. The summed E-state index contributed by atoms with van der Waals surface area (Å²) < 4.78 is 9.70. The van der Waals surface area contributed by atoms with E-state index in [2.05, 4.69) is 0 Å². The zero-order valence-electron chi connectivity index (χ0n) is 9.74. The molecule has 0 aliphatic rings. The van der Waals surface area contributed by atoms with E-state index in [4.69, 9.17) is 67.5 Å². The predicted molar refractivity (Wildman–Crippen MR) is 78.4 cm³/mol. The van der Waals surface area contributed by atoms with Gasteiger partial charge in [-0.15, -0.1) is 0 Å². The maximum Gasteiger partial charge on any atom is 0.513 e. The molecule has 3 nitrogen and oxygen atoms in total. The van der Waals surface area contributed by atoms with Gasteiger partial charge >= 0.3 is 6.16 Å². The lowest BCUT2D eigenvalue weighted by Gasteiger charge is -2.12. The van der Waals surface area contributed by atoms with Crippen LogP contribution in [0.4, 0.5) is 4.79 Å². The van der Waals surface area contributed by atoms with E-state index in [1.807, 2.05) is 6.92 Å². The van der Waals surface area contributed by atoms with Crippen LogP contribution < -0.4 is 4.74 Å². The fourth-order valence-electron chi connectivity index (χ4n) is 1.09. The van der Waals surface area contributed by atoms with E-state index in [9.17, 15) is 4.79 Å². The summed E-state index contributed by atoms with van der Waals surface area (Å²) in [6, 6.07) is 0. The van der Waals surface area contributed by atoms with Crippen LogP contribution in [0, 0.1) is 0 Å². The molecule has 0 saturated carbocycles. The molecule has 0 saturated heterocycles. The number of carbonyl (C=O) groups excluding carboxylic acids is 1. The lowest BCUT2D eigenvalue weighted by Crippen LogP contribution is -2.12. The van der Waals surface area contributed by atoms with Crippen molar-refractivity contribution in [1.29, 1.82) is 0 Å². The zero-order chi connectivity index (χ0) is 14.6. The Morgan fingerprint density at radius 1 is 0.947 bits per heavy atom. The van der Waals surface area contributed by atoms with Crippen molar-refractivity contribution in [1.82, 2.24) is 0 Å². The highest BCUT2D eigenvalue weighted by Crippen LogP contribution is 2.48. The maximum atomic E-state index is 11.4. The van der Waals surface area contributed by atoms with Crippen molar-refractivity contribution in [2.45, 2.75) is 19.8 Å². The summed E-state index contributed by atoms with van der Waals surface area (Å²) in [6.07, 6.45) is 0.665. The summed E-state index contributed by atoms with van der Waals surface area (Å²) in [5.41, 5.74) is 0. The standard InChI is InChI=1S/C11H9Cl5O3/c1-2-3-4-18-11(17)19-10-8(15)6(13)5(12)7(14)9(10)16/h2-4H2,1H3. The number of benzene rings is 1.